The first-order chi connectivity index (χ1) is 8.06. The van der Waals surface area contributed by atoms with Crippen LogP contribution in [-0.4, -0.2) is 31.3 Å². The van der Waals surface area contributed by atoms with E-state index in [2.05, 4.69) is 5.32 Å². The largest absolute Gasteiger partial charge is 0.505 e. The third-order valence-electron chi connectivity index (χ3n) is 2.37. The van der Waals surface area contributed by atoms with Crippen molar-refractivity contribution in [3.8, 4) is 5.75 Å². The summed E-state index contributed by atoms with van der Waals surface area (Å²) in [6, 6.07) is 4.70. The molecule has 0 bridgehead atoms. The molecule has 5 heteroatoms. The van der Waals surface area contributed by atoms with Crippen molar-refractivity contribution in [2.24, 2.45) is 5.92 Å². The first-order valence-electron chi connectivity index (χ1n) is 5.40. The number of carbonyl (C=O) groups excluding carboxylic acids is 1. The number of benzene rings is 1. The Labute approximate surface area is 101 Å². The number of hydrogen-bond acceptors (Lipinski definition) is 4. The van der Waals surface area contributed by atoms with Gasteiger partial charge in [0.25, 0.3) is 5.91 Å². The number of hydrogen-bond donors (Lipinski definition) is 3. The second kappa shape index (κ2) is 6.10. The van der Waals surface area contributed by atoms with Crippen LogP contribution in [0.3, 0.4) is 0 Å². The maximum atomic E-state index is 11.8. The number of aromatic hydroxyl groups is 1. The van der Waals surface area contributed by atoms with Gasteiger partial charge in [0.05, 0.1) is 17.9 Å². The van der Waals surface area contributed by atoms with E-state index in [1.807, 2.05) is 6.92 Å². The number of nitrogens with one attached hydrogen (secondary N) is 1. The van der Waals surface area contributed by atoms with Gasteiger partial charge in [-0.05, 0) is 18.1 Å². The fourth-order valence-electron chi connectivity index (χ4n) is 1.45. The molecule has 1 aromatic rings. The van der Waals surface area contributed by atoms with Gasteiger partial charge in [0.15, 0.2) is 5.75 Å². The maximum Gasteiger partial charge on any atom is 0.255 e. The van der Waals surface area contributed by atoms with Crippen molar-refractivity contribution in [3.63, 3.8) is 0 Å². The van der Waals surface area contributed by atoms with Crippen molar-refractivity contribution in [2.45, 2.75) is 6.92 Å². The number of phenolic OH excluding ortho intramolecular Hbond substituents is 1. The Morgan fingerprint density at radius 1 is 1.59 bits per heavy atom. The molecule has 1 amide bonds. The van der Waals surface area contributed by atoms with Gasteiger partial charge >= 0.3 is 0 Å². The van der Waals surface area contributed by atoms with E-state index in [1.165, 1.54) is 6.07 Å². The lowest BCUT2D eigenvalue weighted by Gasteiger charge is -2.12. The molecule has 0 aliphatic heterocycles. The molecule has 1 atom stereocenters. The molecular formula is C12H18N2O3. The number of nitrogens with two attached hydrogens (primary N) is 1. The van der Waals surface area contributed by atoms with Crippen LogP contribution in [0, 0.1) is 5.92 Å². The lowest BCUT2D eigenvalue weighted by Crippen LogP contribution is -2.30. The van der Waals surface area contributed by atoms with Gasteiger partial charge in [-0.1, -0.05) is 13.0 Å². The van der Waals surface area contributed by atoms with Crippen LogP contribution in [0.15, 0.2) is 18.2 Å². The van der Waals surface area contributed by atoms with E-state index in [9.17, 15) is 9.90 Å². The van der Waals surface area contributed by atoms with E-state index < -0.39 is 0 Å². The minimum absolute atomic E-state index is 0.176. The van der Waals surface area contributed by atoms with Crippen molar-refractivity contribution in [2.75, 3.05) is 26.0 Å². The van der Waals surface area contributed by atoms with Crippen LogP contribution in [0.25, 0.3) is 0 Å². The van der Waals surface area contributed by atoms with E-state index in [0.717, 1.165) is 0 Å². The Morgan fingerprint density at radius 3 is 2.94 bits per heavy atom. The summed E-state index contributed by atoms with van der Waals surface area (Å²) in [6.07, 6.45) is 0. The predicted molar refractivity (Wildman–Crippen MR) is 65.9 cm³/mol. The Bertz CT molecular complexity index is 393. The highest BCUT2D eigenvalue weighted by Crippen LogP contribution is 2.23. The lowest BCUT2D eigenvalue weighted by molar-refractivity contribution is 0.0931. The zero-order valence-electron chi connectivity index (χ0n) is 10.1. The van der Waals surface area contributed by atoms with Crippen LogP contribution in [-0.2, 0) is 4.74 Å². The van der Waals surface area contributed by atoms with Crippen LogP contribution in [0.1, 0.15) is 17.3 Å². The molecule has 94 valence electrons. The number of amides is 1. The normalized spacial score (nSPS) is 12.1. The minimum Gasteiger partial charge on any atom is -0.505 e. The van der Waals surface area contributed by atoms with E-state index in [-0.39, 0.29) is 28.8 Å². The molecule has 0 aliphatic rings. The molecule has 0 aliphatic carbocycles. The number of rotatable bonds is 5. The lowest BCUT2D eigenvalue weighted by atomic mass is 10.1. The van der Waals surface area contributed by atoms with Gasteiger partial charge in [-0.3, -0.25) is 4.79 Å². The molecule has 0 spiro atoms. The molecule has 1 rings (SSSR count). The highest BCUT2D eigenvalue weighted by atomic mass is 16.5. The molecule has 0 fully saturated rings. The van der Waals surface area contributed by atoms with Crippen molar-refractivity contribution in [1.29, 1.82) is 0 Å². The summed E-state index contributed by atoms with van der Waals surface area (Å²) in [6.45, 7) is 3.02. The van der Waals surface area contributed by atoms with Crippen molar-refractivity contribution in [3.05, 3.63) is 23.8 Å². The SMILES string of the molecule is COCC(C)CNC(=O)c1cccc(N)c1O. The number of phenols is 1. The van der Waals surface area contributed by atoms with E-state index >= 15 is 0 Å². The maximum absolute atomic E-state index is 11.8. The topological polar surface area (TPSA) is 84.6 Å². The number of anilines is 1. The fraction of sp³-hybridized carbons (Fsp3) is 0.417. The van der Waals surface area contributed by atoms with Crippen molar-refractivity contribution >= 4 is 11.6 Å². The standard InChI is InChI=1S/C12H18N2O3/c1-8(7-17-2)6-14-12(16)9-4-3-5-10(13)11(9)15/h3-5,8,15H,6-7,13H2,1-2H3,(H,14,16). The molecule has 17 heavy (non-hydrogen) atoms. The zero-order valence-corrected chi connectivity index (χ0v) is 10.1. The molecule has 0 heterocycles. The Morgan fingerprint density at radius 2 is 2.29 bits per heavy atom. The average Bonchev–Trinajstić information content (AvgIpc) is 2.30. The third kappa shape index (κ3) is 3.64. The molecule has 4 N–H and O–H groups in total. The van der Waals surface area contributed by atoms with E-state index in [1.54, 1.807) is 19.2 Å². The van der Waals surface area contributed by atoms with Gasteiger partial charge in [0, 0.05) is 13.7 Å². The number of para-hydroxylation sites is 1. The van der Waals surface area contributed by atoms with E-state index in [4.69, 9.17) is 10.5 Å². The Kier molecular flexibility index (Phi) is 4.78. The summed E-state index contributed by atoms with van der Waals surface area (Å²) < 4.78 is 4.96. The summed E-state index contributed by atoms with van der Waals surface area (Å²) in [5.74, 6) is -0.297. The third-order valence-corrected chi connectivity index (χ3v) is 2.37. The molecule has 0 aromatic heterocycles. The zero-order chi connectivity index (χ0) is 12.8. The molecule has 5 nitrogen and oxygen atoms in total. The van der Waals surface area contributed by atoms with E-state index in [0.29, 0.717) is 13.2 Å². The summed E-state index contributed by atoms with van der Waals surface area (Å²) in [4.78, 5) is 11.8. The number of ether oxygens (including phenoxy) is 1. The monoisotopic (exact) mass is 238 g/mol. The van der Waals surface area contributed by atoms with Crippen LogP contribution in [0.2, 0.25) is 0 Å². The quantitative estimate of drug-likeness (QED) is 0.527. The van der Waals surface area contributed by atoms with Gasteiger partial charge in [-0.15, -0.1) is 0 Å². The van der Waals surface area contributed by atoms with Crippen molar-refractivity contribution < 1.29 is 14.6 Å². The minimum atomic E-state index is -0.335. The first kappa shape index (κ1) is 13.3. The second-order valence-corrected chi connectivity index (χ2v) is 4.01. The van der Waals surface area contributed by atoms with Gasteiger partial charge in [-0.2, -0.15) is 0 Å². The highest BCUT2D eigenvalue weighted by Gasteiger charge is 2.13. The predicted octanol–water partition coefficient (Wildman–Crippen LogP) is 0.987. The summed E-state index contributed by atoms with van der Waals surface area (Å²) >= 11 is 0. The second-order valence-electron chi connectivity index (χ2n) is 4.01. The summed E-state index contributed by atoms with van der Waals surface area (Å²) in [5.41, 5.74) is 5.90. The molecule has 0 saturated heterocycles. The van der Waals surface area contributed by atoms with Crippen LogP contribution < -0.4 is 11.1 Å². The number of nitrogen functional groups attached to an aromatic ring is 1. The average molecular weight is 238 g/mol. The Hall–Kier alpha value is -1.75. The molecule has 1 unspecified atom stereocenters. The van der Waals surface area contributed by atoms with Crippen LogP contribution in [0.5, 0.6) is 5.75 Å². The van der Waals surface area contributed by atoms with Crippen molar-refractivity contribution in [1.82, 2.24) is 5.32 Å². The smallest absolute Gasteiger partial charge is 0.255 e. The molecule has 1 aromatic carbocycles. The van der Waals surface area contributed by atoms with Gasteiger partial charge in [0.2, 0.25) is 0 Å². The highest BCUT2D eigenvalue weighted by molar-refractivity contribution is 5.98. The van der Waals surface area contributed by atoms with Gasteiger partial charge in [0.1, 0.15) is 0 Å². The summed E-state index contributed by atoms with van der Waals surface area (Å²) in [5, 5.41) is 12.3. The summed E-state index contributed by atoms with van der Waals surface area (Å²) in [7, 11) is 1.61. The number of carbonyl (C=O) groups is 1. The van der Waals surface area contributed by atoms with Crippen LogP contribution in [0.4, 0.5) is 5.69 Å². The van der Waals surface area contributed by atoms with Crippen LogP contribution >= 0.6 is 0 Å². The molecule has 0 saturated carbocycles. The fourth-order valence-corrected chi connectivity index (χ4v) is 1.45. The number of methoxy groups -OCH3 is 1. The van der Waals surface area contributed by atoms with Gasteiger partial charge in [-0.25, -0.2) is 0 Å². The van der Waals surface area contributed by atoms with Gasteiger partial charge < -0.3 is 20.9 Å². The molecule has 0 radical (unpaired) electrons. The molecular weight excluding hydrogens is 220 g/mol. The Balaban J connectivity index is 2.61. The first-order valence-corrected chi connectivity index (χ1v) is 5.40.